The van der Waals surface area contributed by atoms with Gasteiger partial charge < -0.3 is 14.4 Å². The van der Waals surface area contributed by atoms with Crippen molar-refractivity contribution < 1.29 is 18.4 Å². The van der Waals surface area contributed by atoms with Crippen LogP contribution in [0, 0.1) is 0 Å². The predicted octanol–water partition coefficient (Wildman–Crippen LogP) is 7.58. The number of carbonyl (C=O) groups is 1. The van der Waals surface area contributed by atoms with Crippen LogP contribution in [0.3, 0.4) is 0 Å². The SMILES string of the molecule is CC(C)(C)OP(OCn1ccc(-c2ccc(CNC(=O)c3c(Cl)cccc3Cl)cc2)cc1=O)OC(C)(C)C. The van der Waals surface area contributed by atoms with Crippen molar-refractivity contribution in [2.75, 3.05) is 0 Å². The molecule has 2 aromatic carbocycles. The summed E-state index contributed by atoms with van der Waals surface area (Å²) in [6.45, 7) is 11.8. The lowest BCUT2D eigenvalue weighted by Gasteiger charge is -2.30. The van der Waals surface area contributed by atoms with Gasteiger partial charge in [-0.15, -0.1) is 0 Å². The second kappa shape index (κ2) is 12.7. The highest BCUT2D eigenvalue weighted by molar-refractivity contribution is 7.41. The fraction of sp³-hybridized carbons (Fsp3) is 0.357. The lowest BCUT2D eigenvalue weighted by Crippen LogP contribution is -2.24. The maximum Gasteiger partial charge on any atom is 0.335 e. The van der Waals surface area contributed by atoms with E-state index in [1.54, 1.807) is 30.5 Å². The first kappa shape index (κ1) is 30.3. The highest BCUT2D eigenvalue weighted by Crippen LogP contribution is 2.47. The first-order valence-electron chi connectivity index (χ1n) is 12.1. The lowest BCUT2D eigenvalue weighted by molar-refractivity contribution is 0.0231. The van der Waals surface area contributed by atoms with Crippen molar-refractivity contribution in [1.29, 1.82) is 0 Å². The van der Waals surface area contributed by atoms with Crippen LogP contribution in [0.4, 0.5) is 0 Å². The molecule has 0 aliphatic heterocycles. The molecule has 38 heavy (non-hydrogen) atoms. The van der Waals surface area contributed by atoms with Gasteiger partial charge in [0.1, 0.15) is 6.73 Å². The summed E-state index contributed by atoms with van der Waals surface area (Å²) in [6, 6.07) is 15.9. The van der Waals surface area contributed by atoms with Crippen LogP contribution in [0.25, 0.3) is 11.1 Å². The highest BCUT2D eigenvalue weighted by Gasteiger charge is 2.27. The summed E-state index contributed by atoms with van der Waals surface area (Å²) < 4.78 is 19.1. The van der Waals surface area contributed by atoms with Crippen LogP contribution in [0.15, 0.2) is 65.6 Å². The minimum atomic E-state index is -1.66. The number of hydrogen-bond acceptors (Lipinski definition) is 5. The molecule has 1 aromatic heterocycles. The van der Waals surface area contributed by atoms with Gasteiger partial charge >= 0.3 is 8.60 Å². The van der Waals surface area contributed by atoms with Crippen LogP contribution in [-0.2, 0) is 26.8 Å². The molecule has 0 aliphatic rings. The Kier molecular flexibility index (Phi) is 10.2. The molecule has 3 rings (SSSR count). The van der Waals surface area contributed by atoms with Crippen molar-refractivity contribution in [1.82, 2.24) is 9.88 Å². The summed E-state index contributed by atoms with van der Waals surface area (Å²) in [5.74, 6) is -0.347. The summed E-state index contributed by atoms with van der Waals surface area (Å²) in [4.78, 5) is 25.3. The van der Waals surface area contributed by atoms with E-state index in [-0.39, 0.29) is 23.8 Å². The van der Waals surface area contributed by atoms with Gasteiger partial charge in [-0.25, -0.2) is 0 Å². The quantitative estimate of drug-likeness (QED) is 0.265. The molecule has 0 bridgehead atoms. The van der Waals surface area contributed by atoms with Crippen molar-refractivity contribution in [3.05, 3.63) is 92.3 Å². The van der Waals surface area contributed by atoms with E-state index in [0.29, 0.717) is 16.6 Å². The third-order valence-electron chi connectivity index (χ3n) is 4.93. The first-order chi connectivity index (χ1) is 17.7. The minimum Gasteiger partial charge on any atom is -0.348 e. The average molecular weight is 579 g/mol. The Balaban J connectivity index is 1.63. The molecule has 0 radical (unpaired) electrons. The number of pyridine rings is 1. The summed E-state index contributed by atoms with van der Waals surface area (Å²) in [5.41, 5.74) is 1.65. The molecular formula is C28H33Cl2N2O5P. The van der Waals surface area contributed by atoms with E-state index in [4.69, 9.17) is 36.8 Å². The van der Waals surface area contributed by atoms with Crippen molar-refractivity contribution in [2.24, 2.45) is 0 Å². The summed E-state index contributed by atoms with van der Waals surface area (Å²) in [6.07, 6.45) is 1.68. The van der Waals surface area contributed by atoms with E-state index in [1.165, 1.54) is 4.57 Å². The molecule has 1 amide bonds. The van der Waals surface area contributed by atoms with E-state index < -0.39 is 19.8 Å². The van der Waals surface area contributed by atoms with Gasteiger partial charge in [-0.3, -0.25) is 18.7 Å². The molecule has 7 nitrogen and oxygen atoms in total. The predicted molar refractivity (Wildman–Crippen MR) is 153 cm³/mol. The molecule has 0 fully saturated rings. The lowest BCUT2D eigenvalue weighted by atomic mass is 10.0. The van der Waals surface area contributed by atoms with Gasteiger partial charge in [0.05, 0.1) is 26.8 Å². The molecule has 3 aromatic rings. The van der Waals surface area contributed by atoms with E-state index in [1.807, 2.05) is 71.9 Å². The Labute approximate surface area is 235 Å². The topological polar surface area (TPSA) is 78.8 Å². The number of rotatable bonds is 9. The number of nitrogens with one attached hydrogen (secondary N) is 1. The largest absolute Gasteiger partial charge is 0.348 e. The molecule has 0 saturated carbocycles. The summed E-state index contributed by atoms with van der Waals surface area (Å²) in [5, 5.41) is 3.42. The Hall–Kier alpha value is -2.25. The average Bonchev–Trinajstić information content (AvgIpc) is 2.80. The van der Waals surface area contributed by atoms with Crippen LogP contribution in [0.1, 0.15) is 57.5 Å². The van der Waals surface area contributed by atoms with Gasteiger partial charge in [0.15, 0.2) is 0 Å². The maximum atomic E-state index is 12.8. The van der Waals surface area contributed by atoms with Crippen molar-refractivity contribution in [2.45, 2.75) is 66.0 Å². The second-order valence-electron chi connectivity index (χ2n) is 10.6. The molecule has 204 valence electrons. The number of hydrogen-bond donors (Lipinski definition) is 1. The normalized spacial score (nSPS) is 12.1. The molecule has 0 aliphatic carbocycles. The van der Waals surface area contributed by atoms with Crippen molar-refractivity contribution in [3.63, 3.8) is 0 Å². The van der Waals surface area contributed by atoms with Gasteiger partial charge in [0, 0.05) is 18.8 Å². The van der Waals surface area contributed by atoms with Crippen LogP contribution < -0.4 is 10.9 Å². The number of nitrogens with zero attached hydrogens (tertiary/aromatic N) is 1. The zero-order valence-corrected chi connectivity index (χ0v) is 24.8. The Morgan fingerprint density at radius 3 is 2.00 bits per heavy atom. The second-order valence-corrected chi connectivity index (χ2v) is 12.5. The summed E-state index contributed by atoms with van der Waals surface area (Å²) in [7, 11) is -1.66. The molecular weight excluding hydrogens is 546 g/mol. The Morgan fingerprint density at radius 2 is 1.47 bits per heavy atom. The third kappa shape index (κ3) is 9.19. The third-order valence-corrected chi connectivity index (χ3v) is 7.28. The van der Waals surface area contributed by atoms with E-state index in [2.05, 4.69) is 5.32 Å². The van der Waals surface area contributed by atoms with Crippen LogP contribution in [0.2, 0.25) is 10.0 Å². The summed E-state index contributed by atoms with van der Waals surface area (Å²) >= 11 is 12.2. The molecule has 10 heteroatoms. The van der Waals surface area contributed by atoms with Crippen LogP contribution in [0.5, 0.6) is 0 Å². The smallest absolute Gasteiger partial charge is 0.335 e. The maximum absolute atomic E-state index is 12.8. The fourth-order valence-corrected chi connectivity index (χ4v) is 5.05. The molecule has 0 saturated heterocycles. The van der Waals surface area contributed by atoms with Gasteiger partial charge in [-0.1, -0.05) is 53.5 Å². The fourth-order valence-electron chi connectivity index (χ4n) is 3.22. The molecule has 0 unspecified atom stereocenters. The Morgan fingerprint density at radius 1 is 0.895 bits per heavy atom. The monoisotopic (exact) mass is 578 g/mol. The number of carbonyl (C=O) groups excluding carboxylic acids is 1. The zero-order chi connectivity index (χ0) is 28.1. The molecule has 0 atom stereocenters. The number of halogens is 2. The number of aromatic nitrogens is 1. The van der Waals surface area contributed by atoms with Gasteiger partial charge in [0.25, 0.3) is 11.5 Å². The van der Waals surface area contributed by atoms with Gasteiger partial charge in [-0.05, 0) is 76.4 Å². The van der Waals surface area contributed by atoms with E-state index in [0.717, 1.165) is 16.7 Å². The first-order valence-corrected chi connectivity index (χ1v) is 13.9. The Bertz CT molecular complexity index is 1280. The van der Waals surface area contributed by atoms with Crippen molar-refractivity contribution >= 4 is 37.7 Å². The zero-order valence-electron chi connectivity index (χ0n) is 22.4. The number of benzene rings is 2. The van der Waals surface area contributed by atoms with Gasteiger partial charge in [-0.2, -0.15) is 0 Å². The molecule has 1 heterocycles. The van der Waals surface area contributed by atoms with Crippen LogP contribution in [-0.4, -0.2) is 21.7 Å². The van der Waals surface area contributed by atoms with Crippen LogP contribution >= 0.6 is 31.8 Å². The molecule has 1 N–H and O–H groups in total. The molecule has 0 spiro atoms. The van der Waals surface area contributed by atoms with Gasteiger partial charge in [0.2, 0.25) is 0 Å². The highest BCUT2D eigenvalue weighted by atomic mass is 35.5. The minimum absolute atomic E-state index is 0.00502. The number of amides is 1. The van der Waals surface area contributed by atoms with E-state index in [9.17, 15) is 9.59 Å². The standard InChI is InChI=1S/C28H33Cl2N2O5P/c1-27(2,3)36-38(37-28(4,5)6)35-18-32-15-14-21(16-24(32)33)20-12-10-19(11-13-20)17-31-26(34)25-22(29)8-7-9-23(25)30/h7-16H,17-18H2,1-6H3,(H,31,34). The van der Waals surface area contributed by atoms with Crippen molar-refractivity contribution in [3.8, 4) is 11.1 Å². The van der Waals surface area contributed by atoms with E-state index >= 15 is 0 Å².